The van der Waals surface area contributed by atoms with Crippen LogP contribution in [-0.4, -0.2) is 29.4 Å². The Morgan fingerprint density at radius 1 is 1.20 bits per heavy atom. The predicted molar refractivity (Wildman–Crippen MR) is 97.1 cm³/mol. The maximum Gasteiger partial charge on any atom is 0.269 e. The van der Waals surface area contributed by atoms with E-state index in [1.54, 1.807) is 17.0 Å². The highest BCUT2D eigenvalue weighted by Gasteiger charge is 2.32. The zero-order valence-electron chi connectivity index (χ0n) is 13.4. The largest absolute Gasteiger partial charge is 0.476 e. The van der Waals surface area contributed by atoms with Crippen LogP contribution in [0, 0.1) is 0 Å². The number of nitrogens with zero attached hydrogens (tertiary/aromatic N) is 2. The Balaban J connectivity index is 1.57. The van der Waals surface area contributed by atoms with Gasteiger partial charge in [0, 0.05) is 6.92 Å². The van der Waals surface area contributed by atoms with Gasteiger partial charge in [-0.05, 0) is 24.3 Å². The van der Waals surface area contributed by atoms with Gasteiger partial charge in [0.25, 0.3) is 5.91 Å². The molecule has 1 aliphatic rings. The number of nitrogens with one attached hydrogen (secondary N) is 1. The average molecular weight is 353 g/mol. The van der Waals surface area contributed by atoms with Crippen molar-refractivity contribution in [1.82, 2.24) is 4.98 Å². The van der Waals surface area contributed by atoms with Gasteiger partial charge in [0.1, 0.15) is 5.75 Å². The smallest absolute Gasteiger partial charge is 0.269 e. The molecule has 0 saturated heterocycles. The number of ether oxygens (including phenoxy) is 1. The number of hydrogen-bond donors (Lipinski definition) is 1. The second-order valence-corrected chi connectivity index (χ2v) is 6.71. The van der Waals surface area contributed by atoms with Crippen molar-refractivity contribution in [3.05, 3.63) is 48.5 Å². The molecule has 25 heavy (non-hydrogen) atoms. The first-order valence-corrected chi connectivity index (χ1v) is 8.64. The molecule has 1 aliphatic heterocycles. The molecule has 0 aliphatic carbocycles. The standard InChI is InChI=1S/C18H15N3O3S/c1-11(22)21-10-15(24-14-8-4-3-7-13(14)21)17(23)20-18-19-12-6-2-5-9-16(12)25-18/h2-9,15H,10H2,1H3,(H,19,20,23)/t15-/m0/s1. The Bertz CT molecular complexity index is 936. The average Bonchev–Trinajstić information content (AvgIpc) is 3.02. The first-order chi connectivity index (χ1) is 12.1. The van der Waals surface area contributed by atoms with Crippen molar-refractivity contribution in [2.75, 3.05) is 16.8 Å². The molecule has 7 heteroatoms. The molecule has 1 atom stereocenters. The molecule has 0 fully saturated rings. The van der Waals surface area contributed by atoms with Crippen LogP contribution in [0.3, 0.4) is 0 Å². The van der Waals surface area contributed by atoms with Crippen LogP contribution in [0.25, 0.3) is 10.2 Å². The number of carbonyl (C=O) groups is 2. The highest BCUT2D eigenvalue weighted by atomic mass is 32.1. The van der Waals surface area contributed by atoms with Crippen LogP contribution < -0.4 is 15.0 Å². The van der Waals surface area contributed by atoms with Crippen LogP contribution in [0.15, 0.2) is 48.5 Å². The normalized spacial score (nSPS) is 16.2. The highest BCUT2D eigenvalue weighted by Crippen LogP contribution is 2.33. The number of carbonyl (C=O) groups excluding carboxylic acids is 2. The van der Waals surface area contributed by atoms with Crippen molar-refractivity contribution in [1.29, 1.82) is 0 Å². The number of rotatable bonds is 2. The number of fused-ring (bicyclic) bond motifs is 2. The summed E-state index contributed by atoms with van der Waals surface area (Å²) < 4.78 is 6.79. The first-order valence-electron chi connectivity index (χ1n) is 7.82. The zero-order chi connectivity index (χ0) is 17.4. The SMILES string of the molecule is CC(=O)N1C[C@@H](C(=O)Nc2nc3ccccc3s2)Oc2ccccc21. The number of hydrogen-bond acceptors (Lipinski definition) is 5. The Kier molecular flexibility index (Phi) is 3.85. The lowest BCUT2D eigenvalue weighted by Gasteiger charge is -2.33. The summed E-state index contributed by atoms with van der Waals surface area (Å²) in [6.07, 6.45) is -0.786. The summed E-state index contributed by atoms with van der Waals surface area (Å²) in [5.41, 5.74) is 1.52. The lowest BCUT2D eigenvalue weighted by molar-refractivity contribution is -0.123. The Morgan fingerprint density at radius 3 is 2.76 bits per heavy atom. The molecule has 1 N–H and O–H groups in total. The fourth-order valence-corrected chi connectivity index (χ4v) is 3.65. The van der Waals surface area contributed by atoms with Gasteiger partial charge >= 0.3 is 0 Å². The van der Waals surface area contributed by atoms with Crippen LogP contribution in [0.2, 0.25) is 0 Å². The van der Waals surface area contributed by atoms with Crippen LogP contribution >= 0.6 is 11.3 Å². The Morgan fingerprint density at radius 2 is 1.96 bits per heavy atom. The summed E-state index contributed by atoms with van der Waals surface area (Å²) in [6, 6.07) is 14.9. The number of para-hydroxylation sites is 3. The van der Waals surface area contributed by atoms with E-state index in [9.17, 15) is 9.59 Å². The summed E-state index contributed by atoms with van der Waals surface area (Å²) in [7, 11) is 0. The third-order valence-electron chi connectivity index (χ3n) is 3.97. The van der Waals surface area contributed by atoms with Gasteiger partial charge in [-0.1, -0.05) is 35.6 Å². The summed E-state index contributed by atoms with van der Waals surface area (Å²) in [5.74, 6) is 0.0711. The van der Waals surface area contributed by atoms with Crippen LogP contribution in [0.1, 0.15) is 6.92 Å². The molecule has 2 amide bonds. The summed E-state index contributed by atoms with van der Waals surface area (Å²) >= 11 is 1.40. The number of amides is 2. The summed E-state index contributed by atoms with van der Waals surface area (Å²) in [4.78, 5) is 30.5. The molecule has 4 rings (SSSR count). The van der Waals surface area contributed by atoms with Crippen molar-refractivity contribution < 1.29 is 14.3 Å². The van der Waals surface area contributed by atoms with E-state index in [0.717, 1.165) is 10.2 Å². The molecule has 6 nitrogen and oxygen atoms in total. The van der Waals surface area contributed by atoms with E-state index in [1.165, 1.54) is 18.3 Å². The van der Waals surface area contributed by atoms with Crippen LogP contribution in [-0.2, 0) is 9.59 Å². The van der Waals surface area contributed by atoms with E-state index in [2.05, 4.69) is 10.3 Å². The quantitative estimate of drug-likeness (QED) is 0.769. The van der Waals surface area contributed by atoms with Crippen molar-refractivity contribution in [2.24, 2.45) is 0 Å². The van der Waals surface area contributed by atoms with E-state index in [-0.39, 0.29) is 18.4 Å². The number of benzene rings is 2. The van der Waals surface area contributed by atoms with Crippen molar-refractivity contribution in [2.45, 2.75) is 13.0 Å². The monoisotopic (exact) mass is 353 g/mol. The third kappa shape index (κ3) is 2.94. The molecular weight excluding hydrogens is 338 g/mol. The molecule has 0 bridgehead atoms. The summed E-state index contributed by atoms with van der Waals surface area (Å²) in [5, 5.41) is 3.31. The van der Waals surface area contributed by atoms with E-state index < -0.39 is 6.10 Å². The zero-order valence-corrected chi connectivity index (χ0v) is 14.2. The Hall–Kier alpha value is -2.93. The third-order valence-corrected chi connectivity index (χ3v) is 4.92. The molecular formula is C18H15N3O3S. The van der Waals surface area contributed by atoms with Gasteiger partial charge in [-0.3, -0.25) is 14.9 Å². The molecule has 3 aromatic rings. The number of anilines is 2. The minimum atomic E-state index is -0.786. The minimum absolute atomic E-state index is 0.131. The molecule has 2 aromatic carbocycles. The van der Waals surface area contributed by atoms with Gasteiger partial charge in [0.15, 0.2) is 11.2 Å². The van der Waals surface area contributed by atoms with Gasteiger partial charge in [0.05, 0.1) is 22.4 Å². The van der Waals surface area contributed by atoms with Gasteiger partial charge < -0.3 is 9.64 Å². The fraction of sp³-hybridized carbons (Fsp3) is 0.167. The maximum atomic E-state index is 12.6. The lowest BCUT2D eigenvalue weighted by atomic mass is 10.2. The molecule has 2 heterocycles. The second-order valence-electron chi connectivity index (χ2n) is 5.68. The molecule has 0 spiro atoms. The fourth-order valence-electron chi connectivity index (χ4n) is 2.78. The van der Waals surface area contributed by atoms with Gasteiger partial charge in [-0.15, -0.1) is 0 Å². The van der Waals surface area contributed by atoms with E-state index >= 15 is 0 Å². The highest BCUT2D eigenvalue weighted by molar-refractivity contribution is 7.22. The molecule has 126 valence electrons. The molecule has 0 radical (unpaired) electrons. The topological polar surface area (TPSA) is 71.5 Å². The van der Waals surface area contributed by atoms with Crippen molar-refractivity contribution >= 4 is 44.2 Å². The van der Waals surface area contributed by atoms with Crippen molar-refractivity contribution in [3.8, 4) is 5.75 Å². The number of thiazole rings is 1. The number of aromatic nitrogens is 1. The Labute approximate surface area is 148 Å². The molecule has 0 unspecified atom stereocenters. The van der Waals surface area contributed by atoms with Crippen LogP contribution in [0.4, 0.5) is 10.8 Å². The molecule has 0 saturated carbocycles. The second kappa shape index (κ2) is 6.18. The van der Waals surface area contributed by atoms with Gasteiger partial charge in [-0.25, -0.2) is 4.98 Å². The minimum Gasteiger partial charge on any atom is -0.476 e. The van der Waals surface area contributed by atoms with Gasteiger partial charge in [0.2, 0.25) is 5.91 Å². The first kappa shape index (κ1) is 15.6. The predicted octanol–water partition coefficient (Wildman–Crippen LogP) is 3.05. The van der Waals surface area contributed by atoms with E-state index in [0.29, 0.717) is 16.6 Å². The molecule has 1 aromatic heterocycles. The summed E-state index contributed by atoms with van der Waals surface area (Å²) in [6.45, 7) is 1.65. The van der Waals surface area contributed by atoms with Crippen molar-refractivity contribution in [3.63, 3.8) is 0 Å². The van der Waals surface area contributed by atoms with Gasteiger partial charge in [-0.2, -0.15) is 0 Å². The van der Waals surface area contributed by atoms with E-state index in [1.807, 2.05) is 36.4 Å². The maximum absolute atomic E-state index is 12.6. The van der Waals surface area contributed by atoms with Crippen LogP contribution in [0.5, 0.6) is 5.75 Å². The lowest BCUT2D eigenvalue weighted by Crippen LogP contribution is -2.48. The van der Waals surface area contributed by atoms with E-state index in [4.69, 9.17) is 4.74 Å².